The predicted octanol–water partition coefficient (Wildman–Crippen LogP) is 3.58. The zero-order valence-corrected chi connectivity index (χ0v) is 10.7. The van der Waals surface area contributed by atoms with Crippen LogP contribution in [0.2, 0.25) is 0 Å². The lowest BCUT2D eigenvalue weighted by Gasteiger charge is -2.31. The van der Waals surface area contributed by atoms with Crippen molar-refractivity contribution in [3.05, 3.63) is 35.4 Å². The normalized spacial score (nSPS) is 20.4. The number of hydrogen-bond donors (Lipinski definition) is 0. The summed E-state index contributed by atoms with van der Waals surface area (Å²) in [5.74, 6) is -0.171. The lowest BCUT2D eigenvalue weighted by atomic mass is 9.98. The molecule has 1 aromatic carbocycles. The van der Waals surface area contributed by atoms with Crippen LogP contribution in [0.5, 0.6) is 0 Å². The molecule has 0 bridgehead atoms. The number of carbonyl (C=O) groups excluding carboxylic acids is 1. The van der Waals surface area contributed by atoms with E-state index in [2.05, 4.69) is 0 Å². The molecule has 19 heavy (non-hydrogen) atoms. The summed E-state index contributed by atoms with van der Waals surface area (Å²) in [5.41, 5.74) is -1.10. The Kier molecular flexibility index (Phi) is 3.83. The van der Waals surface area contributed by atoms with Crippen molar-refractivity contribution in [1.82, 2.24) is 4.90 Å². The van der Waals surface area contributed by atoms with E-state index in [0.29, 0.717) is 19.0 Å². The molecule has 1 amide bonds. The van der Waals surface area contributed by atoms with E-state index in [-0.39, 0.29) is 5.56 Å². The molecule has 2 rings (SSSR count). The van der Waals surface area contributed by atoms with Crippen LogP contribution in [0.3, 0.4) is 0 Å². The van der Waals surface area contributed by atoms with Gasteiger partial charge < -0.3 is 4.90 Å². The van der Waals surface area contributed by atoms with Crippen molar-refractivity contribution in [3.8, 4) is 0 Å². The van der Waals surface area contributed by atoms with Gasteiger partial charge in [0.25, 0.3) is 5.91 Å². The molecule has 1 aromatic rings. The molecule has 1 aliphatic rings. The lowest BCUT2D eigenvalue weighted by Crippen LogP contribution is -2.39. The number of hydrogen-bond acceptors (Lipinski definition) is 1. The zero-order valence-electron chi connectivity index (χ0n) is 10.7. The number of likely N-dealkylation sites (tertiary alicyclic amines) is 1. The molecule has 1 unspecified atom stereocenters. The summed E-state index contributed by atoms with van der Waals surface area (Å²) in [6.07, 6.45) is -2.63. The summed E-state index contributed by atoms with van der Waals surface area (Å²) in [5, 5.41) is 0. The van der Waals surface area contributed by atoms with E-state index in [9.17, 15) is 18.0 Å². The third-order valence-corrected chi connectivity index (χ3v) is 3.41. The Morgan fingerprint density at radius 2 is 2.00 bits per heavy atom. The summed E-state index contributed by atoms with van der Waals surface area (Å²) in [6.45, 7) is 3.08. The molecular weight excluding hydrogens is 255 g/mol. The van der Waals surface area contributed by atoms with E-state index in [1.807, 2.05) is 6.92 Å². The molecule has 0 aromatic heterocycles. The number of piperidine rings is 1. The quantitative estimate of drug-likeness (QED) is 0.764. The number of nitrogens with zero attached hydrogens (tertiary/aromatic N) is 1. The minimum absolute atomic E-state index is 0.246. The third kappa shape index (κ3) is 3.08. The summed E-state index contributed by atoms with van der Waals surface area (Å²) >= 11 is 0. The highest BCUT2D eigenvalue weighted by Gasteiger charge is 2.36. The average molecular weight is 271 g/mol. The highest BCUT2D eigenvalue weighted by Crippen LogP contribution is 2.32. The molecule has 1 atom stereocenters. The van der Waals surface area contributed by atoms with Crippen molar-refractivity contribution in [2.24, 2.45) is 5.92 Å². The number of halogens is 3. The number of benzene rings is 1. The van der Waals surface area contributed by atoms with Crippen LogP contribution >= 0.6 is 0 Å². The van der Waals surface area contributed by atoms with Crippen LogP contribution in [0, 0.1) is 5.92 Å². The molecule has 1 heterocycles. The second-order valence-corrected chi connectivity index (χ2v) is 5.04. The van der Waals surface area contributed by atoms with Gasteiger partial charge in [-0.05, 0) is 30.9 Å². The molecule has 0 aliphatic carbocycles. The number of carbonyl (C=O) groups is 1. The van der Waals surface area contributed by atoms with Gasteiger partial charge >= 0.3 is 6.18 Å². The van der Waals surface area contributed by atoms with Crippen LogP contribution in [-0.2, 0) is 6.18 Å². The maximum atomic E-state index is 12.9. The molecule has 0 saturated carbocycles. The van der Waals surface area contributed by atoms with E-state index in [1.165, 1.54) is 23.1 Å². The number of amides is 1. The van der Waals surface area contributed by atoms with E-state index < -0.39 is 17.6 Å². The fourth-order valence-electron chi connectivity index (χ4n) is 2.46. The largest absolute Gasteiger partial charge is 0.417 e. The average Bonchev–Trinajstić information content (AvgIpc) is 2.37. The third-order valence-electron chi connectivity index (χ3n) is 3.41. The molecule has 0 spiro atoms. The molecule has 1 saturated heterocycles. The van der Waals surface area contributed by atoms with Gasteiger partial charge in [0.2, 0.25) is 0 Å². The van der Waals surface area contributed by atoms with Crippen LogP contribution in [0.25, 0.3) is 0 Å². The SMILES string of the molecule is CC1CCCN(C(=O)c2ccccc2C(F)(F)F)C1. The summed E-state index contributed by atoms with van der Waals surface area (Å²) < 4.78 is 38.6. The Hall–Kier alpha value is -1.52. The van der Waals surface area contributed by atoms with Gasteiger partial charge in [0, 0.05) is 13.1 Å². The van der Waals surface area contributed by atoms with Crippen molar-refractivity contribution in [2.45, 2.75) is 25.9 Å². The maximum absolute atomic E-state index is 12.9. The van der Waals surface area contributed by atoms with Gasteiger partial charge in [-0.15, -0.1) is 0 Å². The van der Waals surface area contributed by atoms with Crippen molar-refractivity contribution < 1.29 is 18.0 Å². The number of rotatable bonds is 1. The fraction of sp³-hybridized carbons (Fsp3) is 0.500. The first-order chi connectivity index (χ1) is 8.89. The Balaban J connectivity index is 2.29. The molecule has 104 valence electrons. The molecule has 2 nitrogen and oxygen atoms in total. The van der Waals surface area contributed by atoms with Crippen molar-refractivity contribution in [2.75, 3.05) is 13.1 Å². The standard InChI is InChI=1S/C14H16F3NO/c1-10-5-4-8-18(9-10)13(19)11-6-2-3-7-12(11)14(15,16)17/h2-3,6-7,10H,4-5,8-9H2,1H3. The van der Waals surface area contributed by atoms with Crippen LogP contribution < -0.4 is 0 Å². The fourth-order valence-corrected chi connectivity index (χ4v) is 2.46. The minimum Gasteiger partial charge on any atom is -0.338 e. The molecule has 5 heteroatoms. The van der Waals surface area contributed by atoms with Gasteiger partial charge in [-0.25, -0.2) is 0 Å². The Bertz CT molecular complexity index is 470. The van der Waals surface area contributed by atoms with Crippen LogP contribution in [0.15, 0.2) is 24.3 Å². The van der Waals surface area contributed by atoms with Crippen LogP contribution in [0.1, 0.15) is 35.7 Å². The van der Waals surface area contributed by atoms with E-state index in [4.69, 9.17) is 0 Å². The van der Waals surface area contributed by atoms with E-state index in [0.717, 1.165) is 18.9 Å². The second kappa shape index (κ2) is 5.23. The first-order valence-electron chi connectivity index (χ1n) is 6.35. The Morgan fingerprint density at radius 3 is 2.63 bits per heavy atom. The Morgan fingerprint density at radius 1 is 1.32 bits per heavy atom. The second-order valence-electron chi connectivity index (χ2n) is 5.04. The van der Waals surface area contributed by atoms with Gasteiger partial charge in [-0.2, -0.15) is 13.2 Å². The molecule has 0 radical (unpaired) electrons. The molecular formula is C14H16F3NO. The predicted molar refractivity (Wildman–Crippen MR) is 65.7 cm³/mol. The van der Waals surface area contributed by atoms with Gasteiger partial charge in [-0.3, -0.25) is 4.79 Å². The van der Waals surface area contributed by atoms with Crippen LogP contribution in [-0.4, -0.2) is 23.9 Å². The highest BCUT2D eigenvalue weighted by atomic mass is 19.4. The zero-order chi connectivity index (χ0) is 14.0. The van der Waals surface area contributed by atoms with Crippen molar-refractivity contribution >= 4 is 5.91 Å². The van der Waals surface area contributed by atoms with Crippen LogP contribution in [0.4, 0.5) is 13.2 Å². The van der Waals surface area contributed by atoms with Gasteiger partial charge in [0.15, 0.2) is 0 Å². The molecule has 0 N–H and O–H groups in total. The lowest BCUT2D eigenvalue weighted by molar-refractivity contribution is -0.138. The monoisotopic (exact) mass is 271 g/mol. The van der Waals surface area contributed by atoms with Gasteiger partial charge in [-0.1, -0.05) is 19.1 Å². The van der Waals surface area contributed by atoms with E-state index in [1.54, 1.807) is 0 Å². The summed E-state index contributed by atoms with van der Waals surface area (Å²) in [6, 6.07) is 4.99. The topological polar surface area (TPSA) is 20.3 Å². The number of alkyl halides is 3. The summed E-state index contributed by atoms with van der Waals surface area (Å²) in [4.78, 5) is 13.8. The first-order valence-corrected chi connectivity index (χ1v) is 6.35. The molecule has 1 aliphatic heterocycles. The minimum atomic E-state index is -4.49. The highest BCUT2D eigenvalue weighted by molar-refractivity contribution is 5.96. The first kappa shape index (κ1) is 13.9. The van der Waals surface area contributed by atoms with Gasteiger partial charge in [0.05, 0.1) is 11.1 Å². The van der Waals surface area contributed by atoms with Gasteiger partial charge in [0.1, 0.15) is 0 Å². The maximum Gasteiger partial charge on any atom is 0.417 e. The summed E-state index contributed by atoms with van der Waals surface area (Å²) in [7, 11) is 0. The van der Waals surface area contributed by atoms with Crippen molar-refractivity contribution in [1.29, 1.82) is 0 Å². The smallest absolute Gasteiger partial charge is 0.338 e. The molecule has 1 fully saturated rings. The van der Waals surface area contributed by atoms with E-state index >= 15 is 0 Å². The van der Waals surface area contributed by atoms with Crippen molar-refractivity contribution in [3.63, 3.8) is 0 Å². The Labute approximate surface area is 110 Å².